The van der Waals surface area contributed by atoms with Gasteiger partial charge in [0.05, 0.1) is 25.0 Å². The molecule has 8 nitrogen and oxygen atoms in total. The zero-order valence-electron chi connectivity index (χ0n) is 13.5. The van der Waals surface area contributed by atoms with Gasteiger partial charge in [-0.15, -0.1) is 0 Å². The summed E-state index contributed by atoms with van der Waals surface area (Å²) in [5.41, 5.74) is 1.44. The number of amides is 3. The first-order chi connectivity index (χ1) is 10.9. The number of methoxy groups -OCH3 is 1. The van der Waals surface area contributed by atoms with Crippen molar-refractivity contribution in [3.8, 4) is 0 Å². The molecule has 0 bridgehead atoms. The van der Waals surface area contributed by atoms with Crippen LogP contribution in [-0.2, 0) is 25.7 Å². The van der Waals surface area contributed by atoms with Crippen LogP contribution in [0.25, 0.3) is 0 Å². The third kappa shape index (κ3) is 3.84. The van der Waals surface area contributed by atoms with Gasteiger partial charge in [-0.1, -0.05) is 0 Å². The molecule has 0 radical (unpaired) electrons. The third-order valence-electron chi connectivity index (χ3n) is 3.70. The van der Waals surface area contributed by atoms with E-state index in [1.165, 1.54) is 6.20 Å². The lowest BCUT2D eigenvalue weighted by atomic mass is 10.2. The van der Waals surface area contributed by atoms with E-state index in [2.05, 4.69) is 10.4 Å². The molecule has 0 unspecified atom stereocenters. The number of carbonyl (C=O) groups is 3. The van der Waals surface area contributed by atoms with Crippen LogP contribution < -0.4 is 5.32 Å². The normalized spacial score (nSPS) is 14.8. The van der Waals surface area contributed by atoms with Crippen LogP contribution in [0.2, 0.25) is 0 Å². The number of hydrogen-bond donors (Lipinski definition) is 1. The number of carbonyl (C=O) groups excluding carboxylic acids is 3. The standard InChI is InChI=1S/C15H20N4O4/c1-10-11(2)15(22)19(14(10)21)5-4-13(20)17-12-8-16-18(9-12)6-7-23-3/h8-9H,4-7H2,1-3H3,(H,17,20). The minimum Gasteiger partial charge on any atom is -0.383 e. The first kappa shape index (κ1) is 16.9. The molecular weight excluding hydrogens is 300 g/mol. The summed E-state index contributed by atoms with van der Waals surface area (Å²) in [5, 5.41) is 6.77. The smallest absolute Gasteiger partial charge is 0.256 e. The maximum Gasteiger partial charge on any atom is 0.256 e. The predicted molar refractivity (Wildman–Crippen MR) is 82.4 cm³/mol. The summed E-state index contributed by atoms with van der Waals surface area (Å²) in [5.74, 6) is -0.931. The third-order valence-corrected chi connectivity index (χ3v) is 3.70. The van der Waals surface area contributed by atoms with Gasteiger partial charge in [0.2, 0.25) is 5.91 Å². The van der Waals surface area contributed by atoms with Crippen molar-refractivity contribution in [1.29, 1.82) is 0 Å². The molecule has 0 atom stereocenters. The van der Waals surface area contributed by atoms with Gasteiger partial charge in [-0.2, -0.15) is 5.10 Å². The summed E-state index contributed by atoms with van der Waals surface area (Å²) < 4.78 is 6.60. The first-order valence-electron chi connectivity index (χ1n) is 7.29. The second-order valence-electron chi connectivity index (χ2n) is 5.30. The Balaban J connectivity index is 1.83. The van der Waals surface area contributed by atoms with E-state index in [4.69, 9.17) is 4.74 Å². The fourth-order valence-corrected chi connectivity index (χ4v) is 2.19. The molecule has 23 heavy (non-hydrogen) atoms. The first-order valence-corrected chi connectivity index (χ1v) is 7.29. The second kappa shape index (κ2) is 7.19. The van der Waals surface area contributed by atoms with E-state index in [9.17, 15) is 14.4 Å². The predicted octanol–water partition coefficient (Wildman–Crippen LogP) is 0.563. The Hall–Kier alpha value is -2.48. The molecule has 2 heterocycles. The van der Waals surface area contributed by atoms with E-state index in [0.717, 1.165) is 4.90 Å². The number of nitrogens with zero attached hydrogens (tertiary/aromatic N) is 3. The zero-order chi connectivity index (χ0) is 17.0. The molecule has 0 aromatic carbocycles. The van der Waals surface area contributed by atoms with Gasteiger partial charge in [0, 0.05) is 37.4 Å². The van der Waals surface area contributed by atoms with Gasteiger partial charge in [0.25, 0.3) is 11.8 Å². The molecule has 1 N–H and O–H groups in total. The monoisotopic (exact) mass is 320 g/mol. The van der Waals surface area contributed by atoms with Crippen molar-refractivity contribution in [1.82, 2.24) is 14.7 Å². The van der Waals surface area contributed by atoms with Gasteiger partial charge in [-0.25, -0.2) is 0 Å². The van der Waals surface area contributed by atoms with Gasteiger partial charge in [0.15, 0.2) is 0 Å². The summed E-state index contributed by atoms with van der Waals surface area (Å²) in [7, 11) is 1.60. The van der Waals surface area contributed by atoms with Crippen LogP contribution >= 0.6 is 0 Å². The molecule has 1 aliphatic heterocycles. The maximum atomic E-state index is 11.9. The Labute approximate surface area is 134 Å². The van der Waals surface area contributed by atoms with Gasteiger partial charge in [0.1, 0.15) is 0 Å². The Morgan fingerprint density at radius 2 is 1.87 bits per heavy atom. The van der Waals surface area contributed by atoms with Crippen molar-refractivity contribution >= 4 is 23.4 Å². The van der Waals surface area contributed by atoms with Gasteiger partial charge >= 0.3 is 0 Å². The molecule has 2 rings (SSSR count). The fraction of sp³-hybridized carbons (Fsp3) is 0.467. The molecule has 124 valence electrons. The van der Waals surface area contributed by atoms with Crippen LogP contribution in [0.1, 0.15) is 20.3 Å². The summed E-state index contributed by atoms with van der Waals surface area (Å²) in [6, 6.07) is 0. The number of rotatable bonds is 7. The van der Waals surface area contributed by atoms with Gasteiger partial charge in [-0.05, 0) is 13.8 Å². The van der Waals surface area contributed by atoms with E-state index >= 15 is 0 Å². The summed E-state index contributed by atoms with van der Waals surface area (Å²) in [6.45, 7) is 4.41. The molecule has 0 saturated heterocycles. The molecule has 0 saturated carbocycles. The van der Waals surface area contributed by atoms with E-state index < -0.39 is 0 Å². The van der Waals surface area contributed by atoms with Crippen molar-refractivity contribution in [2.75, 3.05) is 25.6 Å². The number of ether oxygens (including phenoxy) is 1. The number of hydrogen-bond acceptors (Lipinski definition) is 5. The van der Waals surface area contributed by atoms with Crippen LogP contribution in [0.5, 0.6) is 0 Å². The number of nitrogens with one attached hydrogen (secondary N) is 1. The van der Waals surface area contributed by atoms with Crippen molar-refractivity contribution in [2.45, 2.75) is 26.8 Å². The molecule has 0 fully saturated rings. The summed E-state index contributed by atoms with van der Waals surface area (Å²) >= 11 is 0. The molecule has 0 spiro atoms. The highest BCUT2D eigenvalue weighted by Crippen LogP contribution is 2.19. The van der Waals surface area contributed by atoms with E-state index in [0.29, 0.717) is 30.0 Å². The minimum absolute atomic E-state index is 0.0429. The average molecular weight is 320 g/mol. The van der Waals surface area contributed by atoms with E-state index in [1.54, 1.807) is 31.8 Å². The van der Waals surface area contributed by atoms with E-state index in [1.807, 2.05) is 0 Å². The Morgan fingerprint density at radius 3 is 2.48 bits per heavy atom. The molecule has 1 aromatic heterocycles. The molecule has 0 aliphatic carbocycles. The summed E-state index contributed by atoms with van der Waals surface area (Å²) in [6.07, 6.45) is 3.27. The largest absolute Gasteiger partial charge is 0.383 e. The topological polar surface area (TPSA) is 93.5 Å². The lowest BCUT2D eigenvalue weighted by Crippen LogP contribution is -2.34. The van der Waals surface area contributed by atoms with Gasteiger partial charge < -0.3 is 10.1 Å². The Bertz CT molecular complexity index is 638. The highest BCUT2D eigenvalue weighted by Gasteiger charge is 2.33. The maximum absolute atomic E-state index is 11.9. The van der Waals surface area contributed by atoms with Crippen molar-refractivity contribution in [3.05, 3.63) is 23.5 Å². The van der Waals surface area contributed by atoms with Crippen LogP contribution in [0.3, 0.4) is 0 Å². The number of anilines is 1. The lowest BCUT2D eigenvalue weighted by Gasteiger charge is -2.14. The molecule has 3 amide bonds. The summed E-state index contributed by atoms with van der Waals surface area (Å²) in [4.78, 5) is 36.8. The van der Waals surface area contributed by atoms with E-state index in [-0.39, 0.29) is 30.7 Å². The average Bonchev–Trinajstić information content (AvgIpc) is 3.04. The quantitative estimate of drug-likeness (QED) is 0.741. The minimum atomic E-state index is -0.326. The molecule has 1 aliphatic rings. The molecule has 8 heteroatoms. The zero-order valence-corrected chi connectivity index (χ0v) is 13.5. The Kier molecular flexibility index (Phi) is 5.28. The second-order valence-corrected chi connectivity index (χ2v) is 5.30. The van der Waals surface area contributed by atoms with Crippen LogP contribution in [-0.4, -0.2) is 52.7 Å². The Morgan fingerprint density at radius 1 is 1.22 bits per heavy atom. The fourth-order valence-electron chi connectivity index (χ4n) is 2.19. The number of aromatic nitrogens is 2. The molecule has 1 aromatic rings. The molecular formula is C15H20N4O4. The van der Waals surface area contributed by atoms with Crippen LogP contribution in [0.4, 0.5) is 5.69 Å². The van der Waals surface area contributed by atoms with Crippen molar-refractivity contribution < 1.29 is 19.1 Å². The van der Waals surface area contributed by atoms with Crippen molar-refractivity contribution in [2.24, 2.45) is 0 Å². The highest BCUT2D eigenvalue weighted by molar-refractivity contribution is 6.18. The van der Waals surface area contributed by atoms with Crippen LogP contribution in [0, 0.1) is 0 Å². The SMILES string of the molecule is COCCn1cc(NC(=O)CCN2C(=O)C(C)=C(C)C2=O)cn1. The highest BCUT2D eigenvalue weighted by atomic mass is 16.5. The van der Waals surface area contributed by atoms with Gasteiger partial charge in [-0.3, -0.25) is 24.0 Å². The van der Waals surface area contributed by atoms with Crippen LogP contribution in [0.15, 0.2) is 23.5 Å². The lowest BCUT2D eigenvalue weighted by molar-refractivity contribution is -0.137. The van der Waals surface area contributed by atoms with Crippen molar-refractivity contribution in [3.63, 3.8) is 0 Å². The number of imide groups is 1.